The van der Waals surface area contributed by atoms with Crippen LogP contribution in [0.15, 0.2) is 48.5 Å². The number of hydrogen-bond donors (Lipinski definition) is 1. The third-order valence-corrected chi connectivity index (χ3v) is 4.69. The van der Waals surface area contributed by atoms with Gasteiger partial charge in [0.25, 0.3) is 0 Å². The van der Waals surface area contributed by atoms with Gasteiger partial charge in [0, 0.05) is 11.4 Å². The molecule has 0 fully saturated rings. The van der Waals surface area contributed by atoms with E-state index < -0.39 is 0 Å². The minimum absolute atomic E-state index is 0.00830. The van der Waals surface area contributed by atoms with Gasteiger partial charge in [-0.15, -0.1) is 11.3 Å². The number of carbonyl (C=O) groups is 1. The van der Waals surface area contributed by atoms with Crippen LogP contribution < -0.4 is 10.1 Å². The van der Waals surface area contributed by atoms with E-state index in [9.17, 15) is 4.79 Å². The molecule has 4 nitrogen and oxygen atoms in total. The monoisotopic (exact) mass is 360 g/mol. The van der Waals surface area contributed by atoms with Crippen LogP contribution in [-0.2, 0) is 11.3 Å². The molecule has 0 spiro atoms. The van der Waals surface area contributed by atoms with Gasteiger partial charge in [-0.1, -0.05) is 23.7 Å². The molecular formula is C18H17ClN2O2S. The standard InChI is InChI=1S/C18H17ClN2O2S/c19-13-7-9-14(10-8-13)23-11-3-6-17(22)20-12-18-21-15-4-1-2-5-16(15)24-18/h1-2,4-5,7-10H,3,6,11-12H2,(H,20,22). The van der Waals surface area contributed by atoms with Crippen molar-refractivity contribution >= 4 is 39.1 Å². The zero-order valence-corrected chi connectivity index (χ0v) is 14.6. The van der Waals surface area contributed by atoms with Crippen molar-refractivity contribution in [3.8, 4) is 5.75 Å². The van der Waals surface area contributed by atoms with Gasteiger partial charge in [-0.2, -0.15) is 0 Å². The quantitative estimate of drug-likeness (QED) is 0.634. The van der Waals surface area contributed by atoms with Gasteiger partial charge in [0.15, 0.2) is 0 Å². The smallest absolute Gasteiger partial charge is 0.220 e. The molecule has 0 atom stereocenters. The number of aromatic nitrogens is 1. The Balaban J connectivity index is 1.37. The molecule has 0 aliphatic carbocycles. The minimum atomic E-state index is 0.00830. The summed E-state index contributed by atoms with van der Waals surface area (Å²) in [6.07, 6.45) is 1.09. The number of nitrogens with one attached hydrogen (secondary N) is 1. The molecule has 0 aliphatic heterocycles. The number of hydrogen-bond acceptors (Lipinski definition) is 4. The van der Waals surface area contributed by atoms with Gasteiger partial charge in [-0.05, 0) is 42.8 Å². The second-order valence-electron chi connectivity index (χ2n) is 5.26. The fourth-order valence-corrected chi connectivity index (χ4v) is 3.24. The van der Waals surface area contributed by atoms with Crippen LogP contribution >= 0.6 is 22.9 Å². The molecule has 6 heteroatoms. The van der Waals surface area contributed by atoms with Crippen LogP contribution in [0, 0.1) is 0 Å². The highest BCUT2D eigenvalue weighted by atomic mass is 35.5. The number of benzene rings is 2. The Kier molecular flexibility index (Phi) is 5.67. The average Bonchev–Trinajstić information content (AvgIpc) is 3.01. The molecule has 1 amide bonds. The molecule has 1 aromatic heterocycles. The maximum absolute atomic E-state index is 11.9. The number of halogens is 1. The summed E-state index contributed by atoms with van der Waals surface area (Å²) in [5.74, 6) is 0.767. The molecule has 0 aliphatic rings. The molecular weight excluding hydrogens is 344 g/mol. The van der Waals surface area contributed by atoms with Crippen molar-refractivity contribution in [3.63, 3.8) is 0 Å². The third kappa shape index (κ3) is 4.69. The number of amides is 1. The molecule has 124 valence electrons. The van der Waals surface area contributed by atoms with Gasteiger partial charge in [0.05, 0.1) is 23.4 Å². The lowest BCUT2D eigenvalue weighted by Gasteiger charge is -2.06. The lowest BCUT2D eigenvalue weighted by atomic mass is 10.3. The number of thiazole rings is 1. The summed E-state index contributed by atoms with van der Waals surface area (Å²) in [6.45, 7) is 0.965. The van der Waals surface area contributed by atoms with E-state index in [1.54, 1.807) is 23.5 Å². The maximum atomic E-state index is 11.9. The van der Waals surface area contributed by atoms with E-state index in [0.29, 0.717) is 31.0 Å². The molecule has 1 heterocycles. The molecule has 3 aromatic rings. The number of fused-ring (bicyclic) bond motifs is 1. The second kappa shape index (κ2) is 8.13. The summed E-state index contributed by atoms with van der Waals surface area (Å²) >= 11 is 7.42. The number of nitrogens with zero attached hydrogens (tertiary/aromatic N) is 1. The number of ether oxygens (including phenoxy) is 1. The first-order valence-electron chi connectivity index (χ1n) is 7.70. The van der Waals surface area contributed by atoms with Gasteiger partial charge in [0.1, 0.15) is 10.8 Å². The first-order valence-corrected chi connectivity index (χ1v) is 8.90. The zero-order valence-electron chi connectivity index (χ0n) is 13.0. The highest BCUT2D eigenvalue weighted by molar-refractivity contribution is 7.18. The van der Waals surface area contributed by atoms with E-state index in [-0.39, 0.29) is 5.91 Å². The summed E-state index contributed by atoms with van der Waals surface area (Å²) in [4.78, 5) is 16.4. The molecule has 0 radical (unpaired) electrons. The Labute approximate surface area is 149 Å². The lowest BCUT2D eigenvalue weighted by Crippen LogP contribution is -2.22. The first kappa shape index (κ1) is 16.7. The fourth-order valence-electron chi connectivity index (χ4n) is 2.21. The predicted octanol–water partition coefficient (Wildman–Crippen LogP) is 4.43. The highest BCUT2D eigenvalue weighted by Crippen LogP contribution is 2.21. The molecule has 0 unspecified atom stereocenters. The van der Waals surface area contributed by atoms with Gasteiger partial charge in [0.2, 0.25) is 5.91 Å². The van der Waals surface area contributed by atoms with E-state index in [4.69, 9.17) is 16.3 Å². The average molecular weight is 361 g/mol. The van der Waals surface area contributed by atoms with Crippen molar-refractivity contribution in [2.45, 2.75) is 19.4 Å². The van der Waals surface area contributed by atoms with Gasteiger partial charge in [-0.25, -0.2) is 4.98 Å². The van der Waals surface area contributed by atoms with E-state index in [1.165, 1.54) is 0 Å². The third-order valence-electron chi connectivity index (χ3n) is 3.41. The lowest BCUT2D eigenvalue weighted by molar-refractivity contribution is -0.121. The van der Waals surface area contributed by atoms with Crippen LogP contribution in [0.25, 0.3) is 10.2 Å². The SMILES string of the molecule is O=C(CCCOc1ccc(Cl)cc1)NCc1nc2ccccc2s1. The van der Waals surface area contributed by atoms with Crippen molar-refractivity contribution in [1.82, 2.24) is 10.3 Å². The highest BCUT2D eigenvalue weighted by Gasteiger charge is 2.06. The predicted molar refractivity (Wildman–Crippen MR) is 97.6 cm³/mol. The summed E-state index contributed by atoms with van der Waals surface area (Å²) in [5, 5.41) is 4.50. The molecule has 0 bridgehead atoms. The summed E-state index contributed by atoms with van der Waals surface area (Å²) < 4.78 is 6.70. The van der Waals surface area contributed by atoms with Crippen molar-refractivity contribution in [3.05, 3.63) is 58.6 Å². The Hall–Kier alpha value is -2.11. The Morgan fingerprint density at radius 1 is 1.17 bits per heavy atom. The normalized spacial score (nSPS) is 10.7. The number of carbonyl (C=O) groups excluding carboxylic acids is 1. The Morgan fingerprint density at radius 2 is 1.96 bits per heavy atom. The summed E-state index contributed by atoms with van der Waals surface area (Å²) in [7, 11) is 0. The van der Waals surface area contributed by atoms with Crippen LogP contribution in [0.3, 0.4) is 0 Å². The largest absolute Gasteiger partial charge is 0.494 e. The second-order valence-corrected chi connectivity index (χ2v) is 6.81. The van der Waals surface area contributed by atoms with Crippen LogP contribution in [0.5, 0.6) is 5.75 Å². The Bertz CT molecular complexity index is 784. The van der Waals surface area contributed by atoms with Crippen molar-refractivity contribution < 1.29 is 9.53 Å². The van der Waals surface area contributed by atoms with Crippen molar-refractivity contribution in [2.24, 2.45) is 0 Å². The van der Waals surface area contributed by atoms with E-state index in [0.717, 1.165) is 21.0 Å². The Morgan fingerprint density at radius 3 is 2.75 bits per heavy atom. The fraction of sp³-hybridized carbons (Fsp3) is 0.222. The van der Waals surface area contributed by atoms with E-state index in [2.05, 4.69) is 10.3 Å². The van der Waals surface area contributed by atoms with Crippen LogP contribution in [0.1, 0.15) is 17.8 Å². The zero-order chi connectivity index (χ0) is 16.8. The van der Waals surface area contributed by atoms with Crippen LogP contribution in [0.4, 0.5) is 0 Å². The first-order chi connectivity index (χ1) is 11.7. The van der Waals surface area contributed by atoms with Gasteiger partial charge >= 0.3 is 0 Å². The van der Waals surface area contributed by atoms with Gasteiger partial charge in [-0.3, -0.25) is 4.79 Å². The summed E-state index contributed by atoms with van der Waals surface area (Å²) in [5.41, 5.74) is 0.975. The molecule has 0 saturated carbocycles. The molecule has 24 heavy (non-hydrogen) atoms. The van der Waals surface area contributed by atoms with Crippen LogP contribution in [-0.4, -0.2) is 17.5 Å². The van der Waals surface area contributed by atoms with Crippen molar-refractivity contribution in [2.75, 3.05) is 6.61 Å². The molecule has 2 aromatic carbocycles. The molecule has 3 rings (SSSR count). The van der Waals surface area contributed by atoms with E-state index in [1.807, 2.05) is 36.4 Å². The van der Waals surface area contributed by atoms with E-state index >= 15 is 0 Å². The topological polar surface area (TPSA) is 51.2 Å². The minimum Gasteiger partial charge on any atom is -0.494 e. The van der Waals surface area contributed by atoms with Crippen LogP contribution in [0.2, 0.25) is 5.02 Å². The van der Waals surface area contributed by atoms with Crippen molar-refractivity contribution in [1.29, 1.82) is 0 Å². The molecule has 1 N–H and O–H groups in total. The van der Waals surface area contributed by atoms with Gasteiger partial charge < -0.3 is 10.1 Å². The summed E-state index contributed by atoms with van der Waals surface area (Å²) in [6, 6.07) is 15.2. The maximum Gasteiger partial charge on any atom is 0.220 e. The molecule has 0 saturated heterocycles. The number of rotatable bonds is 7. The number of para-hydroxylation sites is 1.